The summed E-state index contributed by atoms with van der Waals surface area (Å²) in [4.78, 5) is 2.00. The number of aliphatic hydroxyl groups is 1. The zero-order valence-corrected chi connectivity index (χ0v) is 16.4. The van der Waals surface area contributed by atoms with E-state index in [9.17, 15) is 13.9 Å². The molecule has 29 heavy (non-hydrogen) atoms. The van der Waals surface area contributed by atoms with Crippen molar-refractivity contribution in [3.05, 3.63) is 53.6 Å². The molecule has 1 fully saturated rings. The van der Waals surface area contributed by atoms with E-state index >= 15 is 0 Å². The van der Waals surface area contributed by atoms with E-state index in [0.717, 1.165) is 12.1 Å². The summed E-state index contributed by atoms with van der Waals surface area (Å²) in [6, 6.07) is 9.04. The molecule has 1 N–H and O–H groups in total. The molecule has 0 aliphatic carbocycles. The van der Waals surface area contributed by atoms with Crippen LogP contribution < -0.4 is 14.2 Å². The molecule has 1 heterocycles. The highest BCUT2D eigenvalue weighted by Crippen LogP contribution is 2.36. The Bertz CT molecular complexity index is 797. The molecule has 0 spiro atoms. The van der Waals surface area contributed by atoms with Gasteiger partial charge in [-0.05, 0) is 29.8 Å². The van der Waals surface area contributed by atoms with Gasteiger partial charge in [0.1, 0.15) is 12.7 Å². The summed E-state index contributed by atoms with van der Waals surface area (Å²) in [5.74, 6) is -0.330. The fraction of sp³-hybridized carbons (Fsp3) is 0.429. The van der Waals surface area contributed by atoms with Crippen LogP contribution in [0.2, 0.25) is 0 Å². The van der Waals surface area contributed by atoms with Gasteiger partial charge < -0.3 is 24.1 Å². The van der Waals surface area contributed by atoms with Gasteiger partial charge >= 0.3 is 0 Å². The zero-order chi connectivity index (χ0) is 20.8. The lowest BCUT2D eigenvalue weighted by Gasteiger charge is -2.34. The lowest BCUT2D eigenvalue weighted by molar-refractivity contribution is -0.0462. The predicted octanol–water partition coefficient (Wildman–Crippen LogP) is 2.80. The lowest BCUT2D eigenvalue weighted by Crippen LogP contribution is -2.43. The van der Waals surface area contributed by atoms with Crippen molar-refractivity contribution in [2.75, 3.05) is 47.1 Å². The Morgan fingerprint density at radius 2 is 1.86 bits per heavy atom. The number of hydrogen-bond acceptors (Lipinski definition) is 6. The third kappa shape index (κ3) is 5.35. The van der Waals surface area contributed by atoms with Gasteiger partial charge in [0, 0.05) is 19.6 Å². The Kier molecular flexibility index (Phi) is 7.24. The van der Waals surface area contributed by atoms with Gasteiger partial charge in [0.25, 0.3) is 0 Å². The van der Waals surface area contributed by atoms with Gasteiger partial charge in [-0.1, -0.05) is 12.1 Å². The number of benzene rings is 2. The number of hydrogen-bond donors (Lipinski definition) is 1. The molecular formula is C21H25F2NO5. The number of para-hydroxylation sites is 1. The number of halogens is 2. The molecule has 2 aromatic rings. The highest BCUT2D eigenvalue weighted by atomic mass is 19.2. The van der Waals surface area contributed by atoms with Crippen LogP contribution in [0.3, 0.4) is 0 Å². The van der Waals surface area contributed by atoms with E-state index in [1.165, 1.54) is 20.3 Å². The maximum Gasteiger partial charge on any atom is 0.203 e. The smallest absolute Gasteiger partial charge is 0.203 e. The Morgan fingerprint density at radius 3 is 2.52 bits per heavy atom. The number of β-amino-alcohol motifs (C(OH)–C–C–N with tert-alkyl or cyclic N) is 1. The highest BCUT2D eigenvalue weighted by Gasteiger charge is 2.25. The maximum absolute atomic E-state index is 13.5. The predicted molar refractivity (Wildman–Crippen MR) is 103 cm³/mol. The monoisotopic (exact) mass is 409 g/mol. The number of rotatable bonds is 8. The molecule has 1 aliphatic heterocycles. The average molecular weight is 409 g/mol. The van der Waals surface area contributed by atoms with Gasteiger partial charge in [0.15, 0.2) is 23.1 Å². The SMILES string of the molecule is COc1cccc(OC)c1OCC(O)CN1CCOC(c2ccc(F)c(F)c2)C1. The van der Waals surface area contributed by atoms with Gasteiger partial charge in [-0.2, -0.15) is 0 Å². The van der Waals surface area contributed by atoms with Crippen molar-refractivity contribution < 1.29 is 32.8 Å². The summed E-state index contributed by atoms with van der Waals surface area (Å²) in [5, 5.41) is 10.4. The van der Waals surface area contributed by atoms with E-state index in [1.807, 2.05) is 4.90 Å². The summed E-state index contributed by atoms with van der Waals surface area (Å²) < 4.78 is 48.7. The van der Waals surface area contributed by atoms with Crippen LogP contribution in [0.15, 0.2) is 36.4 Å². The normalized spacial score (nSPS) is 18.3. The highest BCUT2D eigenvalue weighted by molar-refractivity contribution is 5.51. The van der Waals surface area contributed by atoms with Gasteiger partial charge in [-0.3, -0.25) is 4.90 Å². The second-order valence-electron chi connectivity index (χ2n) is 6.75. The first-order valence-corrected chi connectivity index (χ1v) is 9.32. The average Bonchev–Trinajstić information content (AvgIpc) is 2.74. The number of morpholine rings is 1. The molecule has 0 aromatic heterocycles. The quantitative estimate of drug-likeness (QED) is 0.724. The largest absolute Gasteiger partial charge is 0.493 e. The van der Waals surface area contributed by atoms with E-state index in [2.05, 4.69) is 0 Å². The summed E-state index contributed by atoms with van der Waals surface area (Å²) >= 11 is 0. The Labute approximate surface area is 168 Å². The second-order valence-corrected chi connectivity index (χ2v) is 6.75. The van der Waals surface area contributed by atoms with Crippen molar-refractivity contribution in [3.8, 4) is 17.2 Å². The molecule has 0 bridgehead atoms. The molecule has 2 atom stereocenters. The molecular weight excluding hydrogens is 384 g/mol. The number of ether oxygens (including phenoxy) is 4. The molecule has 2 aromatic carbocycles. The first-order chi connectivity index (χ1) is 14.0. The zero-order valence-electron chi connectivity index (χ0n) is 16.4. The summed E-state index contributed by atoms with van der Waals surface area (Å²) in [7, 11) is 3.06. The minimum absolute atomic E-state index is 0.0456. The topological polar surface area (TPSA) is 60.4 Å². The summed E-state index contributed by atoms with van der Waals surface area (Å²) in [6.07, 6.45) is -1.16. The van der Waals surface area contributed by atoms with E-state index < -0.39 is 17.7 Å². The van der Waals surface area contributed by atoms with Crippen LogP contribution in [0.4, 0.5) is 8.78 Å². The number of aliphatic hydroxyl groups excluding tert-OH is 1. The molecule has 0 saturated carbocycles. The van der Waals surface area contributed by atoms with Crippen molar-refractivity contribution in [2.45, 2.75) is 12.2 Å². The van der Waals surface area contributed by atoms with Crippen molar-refractivity contribution in [1.82, 2.24) is 4.90 Å². The van der Waals surface area contributed by atoms with E-state index in [4.69, 9.17) is 18.9 Å². The Balaban J connectivity index is 1.57. The minimum atomic E-state index is -0.901. The maximum atomic E-state index is 13.5. The first kappa shape index (κ1) is 21.3. The molecule has 3 rings (SSSR count). The molecule has 1 aliphatic rings. The molecule has 8 heteroatoms. The number of nitrogens with zero attached hydrogens (tertiary/aromatic N) is 1. The van der Waals surface area contributed by atoms with Crippen LogP contribution in [0.1, 0.15) is 11.7 Å². The minimum Gasteiger partial charge on any atom is -0.493 e. The van der Waals surface area contributed by atoms with E-state index in [1.54, 1.807) is 18.2 Å². The van der Waals surface area contributed by atoms with Crippen molar-refractivity contribution >= 4 is 0 Å². The second kappa shape index (κ2) is 9.87. The fourth-order valence-electron chi connectivity index (χ4n) is 3.27. The van der Waals surface area contributed by atoms with Crippen molar-refractivity contribution in [3.63, 3.8) is 0 Å². The third-order valence-electron chi connectivity index (χ3n) is 4.74. The van der Waals surface area contributed by atoms with Gasteiger partial charge in [-0.15, -0.1) is 0 Å². The Hall–Kier alpha value is -2.42. The molecule has 0 radical (unpaired) electrons. The van der Waals surface area contributed by atoms with Gasteiger partial charge in [0.2, 0.25) is 5.75 Å². The van der Waals surface area contributed by atoms with E-state index in [-0.39, 0.29) is 12.7 Å². The first-order valence-electron chi connectivity index (χ1n) is 9.32. The van der Waals surface area contributed by atoms with Crippen LogP contribution >= 0.6 is 0 Å². The summed E-state index contributed by atoms with van der Waals surface area (Å²) in [5.41, 5.74) is 0.568. The lowest BCUT2D eigenvalue weighted by atomic mass is 10.1. The summed E-state index contributed by atoms with van der Waals surface area (Å²) in [6.45, 7) is 1.90. The van der Waals surface area contributed by atoms with Crippen LogP contribution in [-0.2, 0) is 4.74 Å². The van der Waals surface area contributed by atoms with Crippen LogP contribution in [-0.4, -0.2) is 63.2 Å². The number of methoxy groups -OCH3 is 2. The standard InChI is InChI=1S/C21H25F2NO5/c1-26-18-4-3-5-19(27-2)21(18)29-13-15(25)11-24-8-9-28-20(12-24)14-6-7-16(22)17(23)10-14/h3-7,10,15,20,25H,8-9,11-13H2,1-2H3. The fourth-order valence-corrected chi connectivity index (χ4v) is 3.27. The van der Waals surface area contributed by atoms with Gasteiger partial charge in [0.05, 0.1) is 26.9 Å². The molecule has 0 amide bonds. The van der Waals surface area contributed by atoms with Crippen molar-refractivity contribution in [1.29, 1.82) is 0 Å². The van der Waals surface area contributed by atoms with Crippen LogP contribution in [0.5, 0.6) is 17.2 Å². The molecule has 1 saturated heterocycles. The molecule has 158 valence electrons. The van der Waals surface area contributed by atoms with E-state index in [0.29, 0.717) is 49.1 Å². The molecule has 2 unspecified atom stereocenters. The van der Waals surface area contributed by atoms with Gasteiger partial charge in [-0.25, -0.2) is 8.78 Å². The molecule has 6 nitrogen and oxygen atoms in total. The van der Waals surface area contributed by atoms with Crippen LogP contribution in [0.25, 0.3) is 0 Å². The Morgan fingerprint density at radius 1 is 1.14 bits per heavy atom. The van der Waals surface area contributed by atoms with Crippen molar-refractivity contribution in [2.24, 2.45) is 0 Å². The third-order valence-corrected chi connectivity index (χ3v) is 4.74. The van der Waals surface area contributed by atoms with Crippen LogP contribution in [0, 0.1) is 11.6 Å².